The fraction of sp³-hybridized carbons (Fsp3) is 0.263. The van der Waals surface area contributed by atoms with E-state index in [4.69, 9.17) is 16.3 Å². The molecule has 0 saturated heterocycles. The molecule has 2 aromatic rings. The Morgan fingerprint density at radius 1 is 1.17 bits per heavy atom. The molecule has 124 valence electrons. The minimum Gasteiger partial charge on any atom is -0.469 e. The Labute approximate surface area is 146 Å². The van der Waals surface area contributed by atoms with Gasteiger partial charge in [-0.05, 0) is 23.3 Å². The quantitative estimate of drug-likeness (QED) is 0.797. The minimum absolute atomic E-state index is 0.0251. The van der Waals surface area contributed by atoms with Crippen LogP contribution in [0.1, 0.15) is 23.5 Å². The third-order valence-electron chi connectivity index (χ3n) is 4.31. The third-order valence-corrected chi connectivity index (χ3v) is 4.68. The molecule has 0 N–H and O–H groups in total. The van der Waals surface area contributed by atoms with Crippen LogP contribution in [0.15, 0.2) is 48.5 Å². The molecule has 1 atom stereocenters. The lowest BCUT2D eigenvalue weighted by Gasteiger charge is -2.18. The van der Waals surface area contributed by atoms with Gasteiger partial charge in [0.1, 0.15) is 0 Å². The van der Waals surface area contributed by atoms with Crippen molar-refractivity contribution in [3.05, 3.63) is 64.7 Å². The smallest absolute Gasteiger partial charge is 0.306 e. The number of rotatable bonds is 4. The predicted octanol–water partition coefficient (Wildman–Crippen LogP) is 3.58. The van der Waals surface area contributed by atoms with Gasteiger partial charge in [0.05, 0.1) is 20.0 Å². The van der Waals surface area contributed by atoms with Gasteiger partial charge >= 0.3 is 5.97 Å². The van der Waals surface area contributed by atoms with Crippen molar-refractivity contribution in [3.63, 3.8) is 0 Å². The first-order valence-corrected chi connectivity index (χ1v) is 8.17. The molecule has 1 unspecified atom stereocenters. The summed E-state index contributed by atoms with van der Waals surface area (Å²) >= 11 is 6.16. The summed E-state index contributed by atoms with van der Waals surface area (Å²) in [6, 6.07) is 15.0. The van der Waals surface area contributed by atoms with Crippen LogP contribution in [0.5, 0.6) is 0 Å². The number of carbonyl (C=O) groups excluding carboxylic acids is 2. The zero-order chi connectivity index (χ0) is 17.1. The number of fused-ring (bicyclic) bond motifs is 1. The zero-order valence-electron chi connectivity index (χ0n) is 13.4. The first-order chi connectivity index (χ1) is 11.6. The van der Waals surface area contributed by atoms with Crippen molar-refractivity contribution < 1.29 is 14.3 Å². The fourth-order valence-electron chi connectivity index (χ4n) is 3.09. The first-order valence-electron chi connectivity index (χ1n) is 7.79. The number of esters is 1. The molecule has 0 spiro atoms. The molecule has 4 nitrogen and oxygen atoms in total. The Balaban J connectivity index is 1.82. The number of para-hydroxylation sites is 1. The summed E-state index contributed by atoms with van der Waals surface area (Å²) in [5, 5.41) is 0.587. The number of halogens is 1. The van der Waals surface area contributed by atoms with E-state index in [1.165, 1.54) is 7.11 Å². The summed E-state index contributed by atoms with van der Waals surface area (Å²) in [4.78, 5) is 26.2. The molecule has 1 heterocycles. The molecule has 0 aromatic heterocycles. The Morgan fingerprint density at radius 3 is 2.62 bits per heavy atom. The molecule has 0 fully saturated rings. The van der Waals surface area contributed by atoms with Crippen molar-refractivity contribution in [1.82, 2.24) is 0 Å². The van der Waals surface area contributed by atoms with Crippen LogP contribution in [-0.2, 0) is 20.7 Å². The zero-order valence-corrected chi connectivity index (χ0v) is 14.1. The summed E-state index contributed by atoms with van der Waals surface area (Å²) in [5.41, 5.74) is 2.68. The number of amides is 1. The largest absolute Gasteiger partial charge is 0.469 e. The maximum absolute atomic E-state index is 12.8. The highest BCUT2D eigenvalue weighted by molar-refractivity contribution is 6.31. The summed E-state index contributed by atoms with van der Waals surface area (Å²) < 4.78 is 4.77. The van der Waals surface area contributed by atoms with Crippen molar-refractivity contribution in [2.24, 2.45) is 0 Å². The van der Waals surface area contributed by atoms with Gasteiger partial charge in [0, 0.05) is 23.2 Å². The van der Waals surface area contributed by atoms with Crippen molar-refractivity contribution >= 4 is 29.2 Å². The lowest BCUT2D eigenvalue weighted by atomic mass is 9.98. The molecule has 2 aromatic carbocycles. The van der Waals surface area contributed by atoms with Gasteiger partial charge in [-0.2, -0.15) is 0 Å². The number of nitrogens with zero attached hydrogens (tertiary/aromatic N) is 1. The van der Waals surface area contributed by atoms with E-state index in [9.17, 15) is 9.59 Å². The average molecular weight is 344 g/mol. The number of anilines is 1. The summed E-state index contributed by atoms with van der Waals surface area (Å²) in [6.07, 6.45) is 0.502. The maximum Gasteiger partial charge on any atom is 0.306 e. The average Bonchev–Trinajstić information content (AvgIpc) is 2.96. The Morgan fingerprint density at radius 2 is 1.88 bits per heavy atom. The molecule has 24 heavy (non-hydrogen) atoms. The van der Waals surface area contributed by atoms with Gasteiger partial charge in [-0.1, -0.05) is 48.0 Å². The first kappa shape index (κ1) is 16.5. The molecule has 0 aliphatic carbocycles. The van der Waals surface area contributed by atoms with E-state index in [1.807, 2.05) is 42.5 Å². The second-order valence-corrected chi connectivity index (χ2v) is 6.22. The Kier molecular flexibility index (Phi) is 4.86. The van der Waals surface area contributed by atoms with Crippen molar-refractivity contribution in [2.75, 3.05) is 18.6 Å². The van der Waals surface area contributed by atoms with Gasteiger partial charge in [0.15, 0.2) is 0 Å². The highest BCUT2D eigenvalue weighted by Gasteiger charge is 2.33. The lowest BCUT2D eigenvalue weighted by Crippen LogP contribution is -2.31. The molecule has 0 bridgehead atoms. The minimum atomic E-state index is -0.268. The molecule has 1 amide bonds. The van der Waals surface area contributed by atoms with E-state index >= 15 is 0 Å². The van der Waals surface area contributed by atoms with Crippen LogP contribution in [0.25, 0.3) is 0 Å². The molecule has 1 aliphatic heterocycles. The highest BCUT2D eigenvalue weighted by Crippen LogP contribution is 2.38. The summed E-state index contributed by atoms with van der Waals surface area (Å²) in [5.74, 6) is -0.332. The predicted molar refractivity (Wildman–Crippen MR) is 93.3 cm³/mol. The van der Waals surface area contributed by atoms with E-state index in [0.29, 0.717) is 11.6 Å². The Hall–Kier alpha value is -2.33. The number of carbonyl (C=O) groups is 2. The van der Waals surface area contributed by atoms with Gasteiger partial charge in [-0.25, -0.2) is 0 Å². The lowest BCUT2D eigenvalue weighted by molar-refractivity contribution is -0.141. The van der Waals surface area contributed by atoms with Gasteiger partial charge < -0.3 is 9.64 Å². The molecule has 5 heteroatoms. The molecular weight excluding hydrogens is 326 g/mol. The third kappa shape index (κ3) is 3.29. The van der Waals surface area contributed by atoms with Crippen LogP contribution < -0.4 is 4.90 Å². The fourth-order valence-corrected chi connectivity index (χ4v) is 3.29. The van der Waals surface area contributed by atoms with Crippen LogP contribution in [0.3, 0.4) is 0 Å². The molecule has 3 rings (SSSR count). The standard InChI is InChI=1S/C19H18ClNO3/c1-24-19(23)11-14-12-21(17-9-5-3-7-15(14)17)18(22)10-13-6-2-4-8-16(13)20/h2-9,14H,10-12H2,1H3. The van der Waals surface area contributed by atoms with Crippen LogP contribution >= 0.6 is 11.6 Å². The van der Waals surface area contributed by atoms with Crippen molar-refractivity contribution in [3.8, 4) is 0 Å². The van der Waals surface area contributed by atoms with Gasteiger partial charge in [0.2, 0.25) is 5.91 Å². The SMILES string of the molecule is COC(=O)CC1CN(C(=O)Cc2ccccc2Cl)c2ccccc21. The second-order valence-electron chi connectivity index (χ2n) is 5.81. The molecular formula is C19H18ClNO3. The van der Waals surface area contributed by atoms with Gasteiger partial charge in [-0.3, -0.25) is 9.59 Å². The van der Waals surface area contributed by atoms with Crippen molar-refractivity contribution in [1.29, 1.82) is 0 Å². The van der Waals surface area contributed by atoms with Crippen LogP contribution in [0, 0.1) is 0 Å². The number of hydrogen-bond donors (Lipinski definition) is 0. The summed E-state index contributed by atoms with van der Waals surface area (Å²) in [7, 11) is 1.38. The van der Waals surface area contributed by atoms with E-state index < -0.39 is 0 Å². The molecule has 0 saturated carbocycles. The second kappa shape index (κ2) is 7.05. The monoisotopic (exact) mass is 343 g/mol. The Bertz CT molecular complexity index is 775. The van der Waals surface area contributed by atoms with E-state index in [2.05, 4.69) is 0 Å². The van der Waals surface area contributed by atoms with E-state index in [0.717, 1.165) is 16.8 Å². The number of benzene rings is 2. The van der Waals surface area contributed by atoms with Crippen molar-refractivity contribution in [2.45, 2.75) is 18.8 Å². The number of methoxy groups -OCH3 is 1. The van der Waals surface area contributed by atoms with Gasteiger partial charge in [0.25, 0.3) is 0 Å². The molecule has 1 aliphatic rings. The van der Waals surface area contributed by atoms with Crippen LogP contribution in [0.2, 0.25) is 5.02 Å². The summed E-state index contributed by atoms with van der Waals surface area (Å²) in [6.45, 7) is 0.484. The topological polar surface area (TPSA) is 46.6 Å². The van der Waals surface area contributed by atoms with E-state index in [-0.39, 0.29) is 30.6 Å². The van der Waals surface area contributed by atoms with Crippen LogP contribution in [-0.4, -0.2) is 25.5 Å². The van der Waals surface area contributed by atoms with E-state index in [1.54, 1.807) is 11.0 Å². The van der Waals surface area contributed by atoms with Crippen LogP contribution in [0.4, 0.5) is 5.69 Å². The molecule has 0 radical (unpaired) electrons. The highest BCUT2D eigenvalue weighted by atomic mass is 35.5. The normalized spacial score (nSPS) is 15.9. The number of hydrogen-bond acceptors (Lipinski definition) is 3. The van der Waals surface area contributed by atoms with Gasteiger partial charge in [-0.15, -0.1) is 0 Å². The number of ether oxygens (including phenoxy) is 1. The maximum atomic E-state index is 12.8.